The average molecular weight is 371 g/mol. The van der Waals surface area contributed by atoms with Crippen molar-refractivity contribution in [1.82, 2.24) is 19.8 Å². The molecule has 1 saturated heterocycles. The number of nitrogens with one attached hydrogen (secondary N) is 1. The summed E-state index contributed by atoms with van der Waals surface area (Å²) in [5, 5.41) is 3.22. The monoisotopic (exact) mass is 371 g/mol. The van der Waals surface area contributed by atoms with Crippen LogP contribution in [0.1, 0.15) is 31.1 Å². The standard InChI is InChI=1S/C20H26FN5O/c1-24-12-9-22-19(24)18(15-3-4-15)23-20(27)26-11-2-10-25(13-14-26)17-7-5-16(21)6-8-17/h5-9,12,15,18H,2-4,10-11,13-14H2,1H3,(H,23,27). The van der Waals surface area contributed by atoms with Crippen LogP contribution in [0, 0.1) is 11.7 Å². The van der Waals surface area contributed by atoms with Gasteiger partial charge in [-0.15, -0.1) is 0 Å². The number of benzene rings is 1. The van der Waals surface area contributed by atoms with Gasteiger partial charge in [0, 0.05) is 51.3 Å². The van der Waals surface area contributed by atoms with E-state index in [4.69, 9.17) is 0 Å². The van der Waals surface area contributed by atoms with Gasteiger partial charge in [-0.1, -0.05) is 0 Å². The van der Waals surface area contributed by atoms with Crippen molar-refractivity contribution < 1.29 is 9.18 Å². The predicted octanol–water partition coefficient (Wildman–Crippen LogP) is 2.93. The lowest BCUT2D eigenvalue weighted by atomic mass is 10.1. The summed E-state index contributed by atoms with van der Waals surface area (Å²) in [5.74, 6) is 1.18. The van der Waals surface area contributed by atoms with Gasteiger partial charge in [0.05, 0.1) is 6.04 Å². The molecule has 2 aliphatic rings. The first-order valence-electron chi connectivity index (χ1n) is 9.65. The van der Waals surface area contributed by atoms with Crippen LogP contribution in [0.3, 0.4) is 0 Å². The molecule has 1 unspecified atom stereocenters. The Kier molecular flexibility index (Phi) is 5.01. The third-order valence-electron chi connectivity index (χ3n) is 5.48. The topological polar surface area (TPSA) is 53.4 Å². The van der Waals surface area contributed by atoms with Gasteiger partial charge < -0.3 is 19.7 Å². The molecule has 1 N–H and O–H groups in total. The number of carbonyl (C=O) groups excluding carboxylic acids is 1. The van der Waals surface area contributed by atoms with E-state index in [-0.39, 0.29) is 17.9 Å². The number of hydrogen-bond acceptors (Lipinski definition) is 3. The number of rotatable bonds is 4. The SMILES string of the molecule is Cn1ccnc1C(NC(=O)N1CCCN(c2ccc(F)cc2)CC1)C1CC1. The first-order valence-corrected chi connectivity index (χ1v) is 9.65. The number of nitrogens with zero attached hydrogens (tertiary/aromatic N) is 4. The van der Waals surface area contributed by atoms with Crippen molar-refractivity contribution in [1.29, 1.82) is 0 Å². The molecule has 0 spiro atoms. The van der Waals surface area contributed by atoms with Crippen molar-refractivity contribution in [2.75, 3.05) is 31.1 Å². The number of anilines is 1. The molecule has 1 saturated carbocycles. The molecule has 2 amide bonds. The number of imidazole rings is 1. The normalized spacial score (nSPS) is 18.9. The van der Waals surface area contributed by atoms with Gasteiger partial charge in [0.25, 0.3) is 0 Å². The highest BCUT2D eigenvalue weighted by atomic mass is 19.1. The molecule has 1 aliphatic heterocycles. The molecule has 7 heteroatoms. The third-order valence-corrected chi connectivity index (χ3v) is 5.48. The summed E-state index contributed by atoms with van der Waals surface area (Å²) in [7, 11) is 1.97. The summed E-state index contributed by atoms with van der Waals surface area (Å²) in [6.07, 6.45) is 6.86. The number of amides is 2. The predicted molar refractivity (Wildman–Crippen MR) is 102 cm³/mol. The van der Waals surface area contributed by atoms with Crippen LogP contribution in [-0.2, 0) is 7.05 Å². The molecule has 1 atom stereocenters. The fraction of sp³-hybridized carbons (Fsp3) is 0.500. The second kappa shape index (κ2) is 7.58. The third kappa shape index (κ3) is 4.07. The summed E-state index contributed by atoms with van der Waals surface area (Å²) < 4.78 is 15.1. The second-order valence-electron chi connectivity index (χ2n) is 7.47. The molecule has 1 aromatic heterocycles. The van der Waals surface area contributed by atoms with Crippen molar-refractivity contribution in [2.24, 2.45) is 13.0 Å². The number of carbonyl (C=O) groups is 1. The van der Waals surface area contributed by atoms with E-state index in [0.717, 1.165) is 50.4 Å². The summed E-state index contributed by atoms with van der Waals surface area (Å²) in [5.41, 5.74) is 1.00. The molecular weight excluding hydrogens is 345 g/mol. The van der Waals surface area contributed by atoms with Crippen LogP contribution < -0.4 is 10.2 Å². The molecule has 6 nitrogen and oxygen atoms in total. The van der Waals surface area contributed by atoms with E-state index in [9.17, 15) is 9.18 Å². The maximum absolute atomic E-state index is 13.2. The van der Waals surface area contributed by atoms with Crippen molar-refractivity contribution >= 4 is 11.7 Å². The zero-order chi connectivity index (χ0) is 18.8. The first-order chi connectivity index (χ1) is 13.1. The Bertz CT molecular complexity index is 786. The van der Waals surface area contributed by atoms with E-state index >= 15 is 0 Å². The molecule has 1 aliphatic carbocycles. The van der Waals surface area contributed by atoms with Crippen LogP contribution >= 0.6 is 0 Å². The lowest BCUT2D eigenvalue weighted by Gasteiger charge is -2.26. The number of urea groups is 1. The number of aromatic nitrogens is 2. The smallest absolute Gasteiger partial charge is 0.318 e. The Morgan fingerprint density at radius 3 is 2.63 bits per heavy atom. The maximum atomic E-state index is 13.2. The second-order valence-corrected chi connectivity index (χ2v) is 7.47. The van der Waals surface area contributed by atoms with E-state index in [1.807, 2.05) is 22.7 Å². The zero-order valence-electron chi connectivity index (χ0n) is 15.6. The van der Waals surface area contributed by atoms with Gasteiger partial charge in [0.15, 0.2) is 0 Å². The molecule has 0 radical (unpaired) electrons. The van der Waals surface area contributed by atoms with Gasteiger partial charge in [-0.2, -0.15) is 0 Å². The van der Waals surface area contributed by atoms with Crippen LogP contribution in [-0.4, -0.2) is 46.7 Å². The highest BCUT2D eigenvalue weighted by Crippen LogP contribution is 2.40. The summed E-state index contributed by atoms with van der Waals surface area (Å²) in [4.78, 5) is 21.4. The number of aryl methyl sites for hydroxylation is 1. The minimum Gasteiger partial charge on any atom is -0.370 e. The van der Waals surface area contributed by atoms with Crippen LogP contribution in [0.25, 0.3) is 0 Å². The molecule has 2 heterocycles. The van der Waals surface area contributed by atoms with E-state index in [1.54, 1.807) is 18.3 Å². The van der Waals surface area contributed by atoms with Crippen molar-refractivity contribution in [3.63, 3.8) is 0 Å². The first kappa shape index (κ1) is 17.8. The van der Waals surface area contributed by atoms with Crippen LogP contribution in [0.2, 0.25) is 0 Å². The molecule has 0 bridgehead atoms. The summed E-state index contributed by atoms with van der Waals surface area (Å²) >= 11 is 0. The van der Waals surface area contributed by atoms with Gasteiger partial charge in [0.1, 0.15) is 11.6 Å². The molecule has 4 rings (SSSR count). The largest absolute Gasteiger partial charge is 0.370 e. The average Bonchev–Trinajstić information content (AvgIpc) is 3.45. The highest BCUT2D eigenvalue weighted by molar-refractivity contribution is 5.75. The fourth-order valence-electron chi connectivity index (χ4n) is 3.75. The Labute approximate surface area is 159 Å². The maximum Gasteiger partial charge on any atom is 0.318 e. The number of halogens is 1. The van der Waals surface area contributed by atoms with Crippen molar-refractivity contribution in [3.8, 4) is 0 Å². The minimum atomic E-state index is -0.227. The lowest BCUT2D eigenvalue weighted by Crippen LogP contribution is -2.44. The Morgan fingerprint density at radius 1 is 1.19 bits per heavy atom. The lowest BCUT2D eigenvalue weighted by molar-refractivity contribution is 0.194. The van der Waals surface area contributed by atoms with E-state index < -0.39 is 0 Å². The summed E-state index contributed by atoms with van der Waals surface area (Å²) in [6.45, 7) is 2.99. The zero-order valence-corrected chi connectivity index (χ0v) is 15.6. The Morgan fingerprint density at radius 2 is 1.96 bits per heavy atom. The van der Waals surface area contributed by atoms with Gasteiger partial charge >= 0.3 is 6.03 Å². The van der Waals surface area contributed by atoms with Gasteiger partial charge in [0.2, 0.25) is 0 Å². The Balaban J connectivity index is 1.39. The Hall–Kier alpha value is -2.57. The van der Waals surface area contributed by atoms with Gasteiger partial charge in [-0.05, 0) is 49.4 Å². The molecule has 27 heavy (non-hydrogen) atoms. The van der Waals surface area contributed by atoms with Crippen molar-refractivity contribution in [2.45, 2.75) is 25.3 Å². The van der Waals surface area contributed by atoms with Crippen LogP contribution in [0.5, 0.6) is 0 Å². The quantitative estimate of drug-likeness (QED) is 0.899. The van der Waals surface area contributed by atoms with E-state index in [0.29, 0.717) is 12.5 Å². The number of hydrogen-bond donors (Lipinski definition) is 1. The minimum absolute atomic E-state index is 0.0177. The van der Waals surface area contributed by atoms with Gasteiger partial charge in [-0.3, -0.25) is 0 Å². The molecule has 1 aromatic carbocycles. The van der Waals surface area contributed by atoms with E-state index in [1.165, 1.54) is 12.1 Å². The fourth-order valence-corrected chi connectivity index (χ4v) is 3.75. The molecule has 2 aromatic rings. The van der Waals surface area contributed by atoms with E-state index in [2.05, 4.69) is 15.2 Å². The van der Waals surface area contributed by atoms with Crippen molar-refractivity contribution in [3.05, 3.63) is 48.3 Å². The highest BCUT2D eigenvalue weighted by Gasteiger charge is 2.36. The molecule has 144 valence electrons. The molecular formula is C20H26FN5O. The van der Waals surface area contributed by atoms with Crippen LogP contribution in [0.4, 0.5) is 14.9 Å². The molecule has 2 fully saturated rings. The van der Waals surface area contributed by atoms with Crippen LogP contribution in [0.15, 0.2) is 36.7 Å². The van der Waals surface area contributed by atoms with Gasteiger partial charge in [-0.25, -0.2) is 14.2 Å². The summed E-state index contributed by atoms with van der Waals surface area (Å²) in [6, 6.07) is 6.53.